The Labute approximate surface area is 142 Å². The zero-order valence-electron chi connectivity index (χ0n) is 13.4. The van der Waals surface area contributed by atoms with Crippen LogP contribution in [-0.4, -0.2) is 30.6 Å². The Morgan fingerprint density at radius 3 is 0.810 bits per heavy atom. The van der Waals surface area contributed by atoms with Crippen molar-refractivity contribution in [2.45, 2.75) is 36.3 Å². The van der Waals surface area contributed by atoms with Gasteiger partial charge in [-0.25, -0.2) is 0 Å². The third kappa shape index (κ3) is 6.97. The van der Waals surface area contributed by atoms with Crippen molar-refractivity contribution in [1.29, 1.82) is 0 Å². The van der Waals surface area contributed by atoms with E-state index in [0.717, 1.165) is 0 Å². The monoisotopic (exact) mass is 432 g/mol. The van der Waals surface area contributed by atoms with E-state index in [9.17, 15) is 0 Å². The van der Waals surface area contributed by atoms with Gasteiger partial charge in [-0.3, -0.25) is 0 Å². The van der Waals surface area contributed by atoms with Crippen molar-refractivity contribution in [3.05, 3.63) is 75.9 Å². The van der Waals surface area contributed by atoms with Gasteiger partial charge in [-0.1, -0.05) is 0 Å². The van der Waals surface area contributed by atoms with Crippen molar-refractivity contribution in [2.24, 2.45) is 0 Å². The fourth-order valence-electron chi connectivity index (χ4n) is 2.79. The Kier molecular flexibility index (Phi) is 11.1. The number of hydrogen-bond acceptors (Lipinski definition) is 0. The van der Waals surface area contributed by atoms with E-state index >= 15 is 0 Å². The van der Waals surface area contributed by atoms with Gasteiger partial charge in [0.25, 0.3) is 0 Å². The van der Waals surface area contributed by atoms with Crippen LogP contribution in [0.25, 0.3) is 0 Å². The molecule has 0 fully saturated rings. The molecule has 0 N–H and O–H groups in total. The zero-order chi connectivity index (χ0) is 16.2. The summed E-state index contributed by atoms with van der Waals surface area (Å²) < 4.78 is 0. The Hall–Kier alpha value is -0.337. The van der Waals surface area contributed by atoms with Crippen LogP contribution >= 0.6 is 0 Å². The van der Waals surface area contributed by atoms with Crippen molar-refractivity contribution in [3.63, 3.8) is 0 Å². The first-order valence-electron chi connectivity index (χ1n) is 7.43. The Morgan fingerprint density at radius 1 is 0.476 bits per heavy atom. The molecule has 115 valence electrons. The minimum absolute atomic E-state index is 0.0912. The topological polar surface area (TPSA) is 0 Å². The SMILES string of the molecule is C=CC[Si](CC=C)(CC=C)[Te+][Si](CC=C)(CC=C)CC=C. The van der Waals surface area contributed by atoms with Gasteiger partial charge in [-0.05, 0) is 0 Å². The summed E-state index contributed by atoms with van der Waals surface area (Å²) in [6.45, 7) is 24.1. The normalized spacial score (nSPS) is 11.4. The van der Waals surface area contributed by atoms with Gasteiger partial charge in [0.2, 0.25) is 0 Å². The third-order valence-electron chi connectivity index (χ3n) is 3.53. The molecule has 0 aromatic heterocycles. The maximum absolute atomic E-state index is 4.02. The molecule has 0 aliphatic heterocycles. The summed E-state index contributed by atoms with van der Waals surface area (Å²) in [6.07, 6.45) is 12.8. The van der Waals surface area contributed by atoms with Crippen molar-refractivity contribution in [1.82, 2.24) is 0 Å². The molecular formula is C18H30Si2Te+. The van der Waals surface area contributed by atoms with Gasteiger partial charge in [0, 0.05) is 0 Å². The summed E-state index contributed by atoms with van der Waals surface area (Å²) >= 11 is -0.0912. The molecule has 0 atom stereocenters. The second kappa shape index (κ2) is 11.3. The summed E-state index contributed by atoms with van der Waals surface area (Å²) in [4.78, 5) is 0. The van der Waals surface area contributed by atoms with Gasteiger partial charge in [-0.15, -0.1) is 0 Å². The van der Waals surface area contributed by atoms with E-state index in [1.165, 1.54) is 36.3 Å². The van der Waals surface area contributed by atoms with Crippen LogP contribution < -0.4 is 0 Å². The molecule has 0 amide bonds. The molecule has 0 rings (SSSR count). The van der Waals surface area contributed by atoms with Crippen LogP contribution in [0, 0.1) is 0 Å². The van der Waals surface area contributed by atoms with E-state index in [4.69, 9.17) is 0 Å². The number of allylic oxidation sites excluding steroid dienone is 6. The number of hydrogen-bond donors (Lipinski definition) is 0. The fourth-order valence-corrected chi connectivity index (χ4v) is 55.1. The summed E-state index contributed by atoms with van der Waals surface area (Å²) in [5.41, 5.74) is -2.70. The quantitative estimate of drug-likeness (QED) is 0.245. The molecule has 0 aromatic carbocycles. The average Bonchev–Trinajstić information content (AvgIpc) is 2.40. The second-order valence-electron chi connectivity index (χ2n) is 5.42. The van der Waals surface area contributed by atoms with Gasteiger partial charge in [-0.2, -0.15) is 0 Å². The van der Waals surface area contributed by atoms with Crippen LogP contribution in [0.2, 0.25) is 36.3 Å². The summed E-state index contributed by atoms with van der Waals surface area (Å²) in [5, 5.41) is 0. The van der Waals surface area contributed by atoms with Crippen molar-refractivity contribution in [2.75, 3.05) is 0 Å². The summed E-state index contributed by atoms with van der Waals surface area (Å²) in [5.74, 6) is 0. The van der Waals surface area contributed by atoms with Crippen LogP contribution in [0.1, 0.15) is 0 Å². The molecule has 0 aromatic rings. The first kappa shape index (κ1) is 20.7. The first-order valence-corrected chi connectivity index (χ1v) is 19.5. The molecular weight excluding hydrogens is 400 g/mol. The predicted octanol–water partition coefficient (Wildman–Crippen LogP) is 5.70. The number of rotatable bonds is 14. The van der Waals surface area contributed by atoms with E-state index in [2.05, 4.69) is 75.9 Å². The first-order chi connectivity index (χ1) is 10.1. The molecule has 21 heavy (non-hydrogen) atoms. The predicted molar refractivity (Wildman–Crippen MR) is 107 cm³/mol. The summed E-state index contributed by atoms with van der Waals surface area (Å²) in [6, 6.07) is 7.21. The molecule has 3 heteroatoms. The average molecular weight is 430 g/mol. The molecule has 0 saturated heterocycles. The molecule has 0 unspecified atom stereocenters. The molecule has 0 aliphatic carbocycles. The van der Waals surface area contributed by atoms with Gasteiger partial charge >= 0.3 is 143 Å². The third-order valence-corrected chi connectivity index (χ3v) is 44.0. The van der Waals surface area contributed by atoms with Gasteiger partial charge in [0.15, 0.2) is 0 Å². The molecule has 1 radical (unpaired) electrons. The fraction of sp³-hybridized carbons (Fsp3) is 0.333. The van der Waals surface area contributed by atoms with E-state index in [0.29, 0.717) is 0 Å². The molecule has 0 spiro atoms. The maximum atomic E-state index is 4.02. The van der Waals surface area contributed by atoms with Crippen molar-refractivity contribution >= 4 is 30.6 Å². The van der Waals surface area contributed by atoms with Crippen LogP contribution in [0.5, 0.6) is 0 Å². The van der Waals surface area contributed by atoms with Crippen LogP contribution in [0.3, 0.4) is 0 Å². The van der Waals surface area contributed by atoms with Gasteiger partial charge in [0.05, 0.1) is 0 Å². The van der Waals surface area contributed by atoms with E-state index in [-0.39, 0.29) is 19.3 Å². The molecule has 0 aliphatic rings. The molecule has 0 heterocycles. The van der Waals surface area contributed by atoms with Crippen LogP contribution in [-0.2, 0) is 0 Å². The Balaban J connectivity index is 5.60. The second-order valence-corrected chi connectivity index (χ2v) is 33.5. The Bertz CT molecular complexity index is 296. The molecule has 0 saturated carbocycles. The molecule has 0 bridgehead atoms. The standard InChI is InChI=1S/C18H30Si2Te/c1-7-13-19(14-8-2,15-9-3)21-20(16-10-4,17-11-5)18-12-6/h7-12H,1-6,13-18H2/q+1. The molecule has 0 nitrogen and oxygen atoms in total. The van der Waals surface area contributed by atoms with E-state index in [1.807, 2.05) is 0 Å². The van der Waals surface area contributed by atoms with E-state index < -0.39 is 11.2 Å². The Morgan fingerprint density at radius 2 is 0.667 bits per heavy atom. The van der Waals surface area contributed by atoms with Gasteiger partial charge < -0.3 is 0 Å². The summed E-state index contributed by atoms with van der Waals surface area (Å²) in [7, 11) is 0. The minimum atomic E-state index is -1.35. The van der Waals surface area contributed by atoms with Crippen LogP contribution in [0.4, 0.5) is 0 Å². The van der Waals surface area contributed by atoms with Gasteiger partial charge in [0.1, 0.15) is 0 Å². The zero-order valence-corrected chi connectivity index (χ0v) is 17.7. The van der Waals surface area contributed by atoms with E-state index in [1.54, 1.807) is 0 Å². The van der Waals surface area contributed by atoms with Crippen molar-refractivity contribution < 1.29 is 0 Å². The van der Waals surface area contributed by atoms with Crippen LogP contribution in [0.15, 0.2) is 75.9 Å². The van der Waals surface area contributed by atoms with Crippen molar-refractivity contribution in [3.8, 4) is 0 Å².